The van der Waals surface area contributed by atoms with E-state index in [0.29, 0.717) is 56.8 Å². The molecule has 2 aliphatic rings. The third-order valence-electron chi connectivity index (χ3n) is 6.37. The van der Waals surface area contributed by atoms with Crippen LogP contribution in [0, 0.1) is 5.92 Å². The Labute approximate surface area is 201 Å². The first-order chi connectivity index (χ1) is 15.8. The molecule has 0 saturated carbocycles. The number of piperidine rings is 1. The molecule has 10 heteroatoms. The monoisotopic (exact) mass is 493 g/mol. The predicted molar refractivity (Wildman–Crippen MR) is 129 cm³/mol. The maximum absolute atomic E-state index is 13.6. The highest BCUT2D eigenvalue weighted by molar-refractivity contribution is 7.89. The summed E-state index contributed by atoms with van der Waals surface area (Å²) in [4.78, 5) is 17.3. The Kier molecular flexibility index (Phi) is 7.31. The Morgan fingerprint density at radius 1 is 1.12 bits per heavy atom. The van der Waals surface area contributed by atoms with E-state index in [4.69, 9.17) is 11.6 Å². The molecular formula is C23H32ClN5O3S. The molecular weight excluding hydrogens is 462 g/mol. The van der Waals surface area contributed by atoms with Crippen molar-refractivity contribution in [3.63, 3.8) is 0 Å². The first-order valence-electron chi connectivity index (χ1n) is 11.7. The van der Waals surface area contributed by atoms with Crippen molar-refractivity contribution in [2.75, 3.05) is 44.2 Å². The topological polar surface area (TPSA) is 78.8 Å². The summed E-state index contributed by atoms with van der Waals surface area (Å²) in [5.41, 5.74) is 1.21. The smallest absolute Gasteiger partial charge is 0.263 e. The molecule has 2 aliphatic heterocycles. The second kappa shape index (κ2) is 10.0. The Morgan fingerprint density at radius 3 is 2.45 bits per heavy atom. The number of piperazine rings is 1. The quantitative estimate of drug-likeness (QED) is 0.616. The summed E-state index contributed by atoms with van der Waals surface area (Å²) < 4.78 is 30.3. The fourth-order valence-corrected chi connectivity index (χ4v) is 6.23. The lowest BCUT2D eigenvalue weighted by atomic mass is 10.00. The van der Waals surface area contributed by atoms with Gasteiger partial charge in [0.1, 0.15) is 0 Å². The molecule has 2 saturated heterocycles. The van der Waals surface area contributed by atoms with Crippen molar-refractivity contribution < 1.29 is 13.2 Å². The van der Waals surface area contributed by atoms with E-state index >= 15 is 0 Å². The van der Waals surface area contributed by atoms with E-state index in [2.05, 4.69) is 16.9 Å². The van der Waals surface area contributed by atoms with E-state index < -0.39 is 10.0 Å². The fraction of sp³-hybridized carbons (Fsp3) is 0.565. The zero-order valence-electron chi connectivity index (χ0n) is 19.3. The number of nitrogens with zero attached hydrogens (tertiary/aromatic N) is 5. The number of carbonyl (C=O) groups excluding carboxylic acids is 1. The molecule has 0 spiro atoms. The van der Waals surface area contributed by atoms with Crippen LogP contribution in [0.25, 0.3) is 0 Å². The zero-order chi connectivity index (χ0) is 23.6. The van der Waals surface area contributed by atoms with Gasteiger partial charge in [-0.05, 0) is 49.4 Å². The number of sulfonamides is 1. The number of benzene rings is 1. The van der Waals surface area contributed by atoms with Crippen molar-refractivity contribution in [3.8, 4) is 0 Å². The highest BCUT2D eigenvalue weighted by atomic mass is 35.5. The molecule has 180 valence electrons. The van der Waals surface area contributed by atoms with E-state index in [0.717, 1.165) is 24.9 Å². The summed E-state index contributed by atoms with van der Waals surface area (Å²) in [6.45, 7) is 7.78. The zero-order valence-corrected chi connectivity index (χ0v) is 20.9. The van der Waals surface area contributed by atoms with Crippen LogP contribution in [0.4, 0.5) is 5.69 Å². The van der Waals surface area contributed by atoms with Crippen molar-refractivity contribution >= 4 is 33.2 Å². The van der Waals surface area contributed by atoms with E-state index in [-0.39, 0.29) is 16.5 Å². The number of aromatic nitrogens is 2. The third kappa shape index (κ3) is 5.20. The molecule has 1 atom stereocenters. The second-order valence-electron chi connectivity index (χ2n) is 8.98. The number of hydrogen-bond donors (Lipinski definition) is 0. The number of amides is 1. The van der Waals surface area contributed by atoms with Crippen LogP contribution in [0.5, 0.6) is 0 Å². The largest absolute Gasteiger partial charge is 0.369 e. The van der Waals surface area contributed by atoms with Crippen LogP contribution < -0.4 is 4.90 Å². The van der Waals surface area contributed by atoms with Gasteiger partial charge < -0.3 is 9.80 Å². The minimum Gasteiger partial charge on any atom is -0.369 e. The van der Waals surface area contributed by atoms with Crippen molar-refractivity contribution in [2.24, 2.45) is 5.92 Å². The highest BCUT2D eigenvalue weighted by Gasteiger charge is 2.36. The average molecular weight is 494 g/mol. The van der Waals surface area contributed by atoms with Crippen LogP contribution >= 0.6 is 11.6 Å². The molecule has 1 amide bonds. The Morgan fingerprint density at radius 2 is 1.82 bits per heavy atom. The van der Waals surface area contributed by atoms with Gasteiger partial charge in [-0.15, -0.1) is 0 Å². The molecule has 2 fully saturated rings. The van der Waals surface area contributed by atoms with Gasteiger partial charge in [-0.1, -0.05) is 25.4 Å². The maximum Gasteiger partial charge on any atom is 0.263 e. The summed E-state index contributed by atoms with van der Waals surface area (Å²) in [7, 11) is -3.89. The van der Waals surface area contributed by atoms with Gasteiger partial charge in [0.2, 0.25) is 5.03 Å². The molecule has 2 aromatic rings. The number of rotatable bonds is 6. The first kappa shape index (κ1) is 24.0. The number of aryl methyl sites for hydroxylation is 1. The van der Waals surface area contributed by atoms with Crippen LogP contribution in [0.3, 0.4) is 0 Å². The molecule has 1 aromatic heterocycles. The van der Waals surface area contributed by atoms with Crippen molar-refractivity contribution in [1.82, 2.24) is 19.0 Å². The van der Waals surface area contributed by atoms with Crippen molar-refractivity contribution in [1.29, 1.82) is 0 Å². The van der Waals surface area contributed by atoms with Gasteiger partial charge in [-0.3, -0.25) is 9.48 Å². The van der Waals surface area contributed by atoms with Gasteiger partial charge >= 0.3 is 0 Å². The summed E-state index contributed by atoms with van der Waals surface area (Å²) >= 11 is 5.98. The molecule has 0 radical (unpaired) electrons. The summed E-state index contributed by atoms with van der Waals surface area (Å²) in [6.07, 6.45) is 4.43. The number of anilines is 1. The molecule has 0 aliphatic carbocycles. The number of halogens is 1. The normalized spacial score (nSPS) is 20.3. The average Bonchev–Trinajstić information content (AvgIpc) is 3.24. The molecule has 0 N–H and O–H groups in total. The Balaban J connectivity index is 1.55. The van der Waals surface area contributed by atoms with Gasteiger partial charge in [0.05, 0.1) is 5.56 Å². The van der Waals surface area contributed by atoms with Gasteiger partial charge in [-0.2, -0.15) is 9.40 Å². The summed E-state index contributed by atoms with van der Waals surface area (Å²) in [6, 6.07) is 7.55. The molecule has 33 heavy (non-hydrogen) atoms. The van der Waals surface area contributed by atoms with Crippen LogP contribution in [-0.4, -0.2) is 72.6 Å². The summed E-state index contributed by atoms with van der Waals surface area (Å²) in [5.74, 6) is 0.177. The molecule has 4 rings (SSSR count). The van der Waals surface area contributed by atoms with E-state index in [1.165, 1.54) is 4.31 Å². The molecule has 0 unspecified atom stereocenters. The van der Waals surface area contributed by atoms with Crippen LogP contribution in [0.1, 0.15) is 43.5 Å². The van der Waals surface area contributed by atoms with Crippen LogP contribution in [0.2, 0.25) is 5.02 Å². The lowest BCUT2D eigenvalue weighted by molar-refractivity contribution is 0.0679. The number of likely N-dealkylation sites (tertiary alicyclic amines) is 1. The second-order valence-corrected chi connectivity index (χ2v) is 11.3. The Hall–Kier alpha value is -2.10. The molecule has 8 nitrogen and oxygen atoms in total. The maximum atomic E-state index is 13.6. The number of carbonyl (C=O) groups is 1. The third-order valence-corrected chi connectivity index (χ3v) is 8.46. The van der Waals surface area contributed by atoms with E-state index in [1.807, 2.05) is 31.2 Å². The van der Waals surface area contributed by atoms with Crippen LogP contribution in [-0.2, 0) is 16.6 Å². The minimum absolute atomic E-state index is 0.112. The van der Waals surface area contributed by atoms with Gasteiger partial charge in [0.25, 0.3) is 15.9 Å². The first-order valence-corrected chi connectivity index (χ1v) is 13.5. The standard InChI is InChI=1S/C23H32ClN5O3S/c1-3-10-28-17-21(23(30)27-11-4-5-18(2)16-27)22(25-28)33(31,32)29-14-12-26(13-15-29)20-8-6-19(24)7-9-20/h6-9,17-18H,3-5,10-16H2,1-2H3/t18-/m0/s1. The van der Waals surface area contributed by atoms with Gasteiger partial charge in [0.15, 0.2) is 0 Å². The predicted octanol–water partition coefficient (Wildman–Crippen LogP) is 3.33. The fourth-order valence-electron chi connectivity index (χ4n) is 4.59. The Bertz CT molecular complexity index is 1080. The number of hydrogen-bond acceptors (Lipinski definition) is 5. The lowest BCUT2D eigenvalue weighted by Gasteiger charge is -2.35. The lowest BCUT2D eigenvalue weighted by Crippen LogP contribution is -2.49. The molecule has 3 heterocycles. The van der Waals surface area contributed by atoms with Crippen molar-refractivity contribution in [3.05, 3.63) is 41.0 Å². The van der Waals surface area contributed by atoms with Crippen molar-refractivity contribution in [2.45, 2.75) is 44.7 Å². The molecule has 0 bridgehead atoms. The molecule has 1 aromatic carbocycles. The SMILES string of the molecule is CCCn1cc(C(=O)N2CCC[C@H](C)C2)c(S(=O)(=O)N2CCN(c3ccc(Cl)cc3)CC2)n1. The minimum atomic E-state index is -3.89. The van der Waals surface area contributed by atoms with Crippen LogP contribution in [0.15, 0.2) is 35.5 Å². The van der Waals surface area contributed by atoms with Gasteiger partial charge in [0, 0.05) is 62.7 Å². The van der Waals surface area contributed by atoms with E-state index in [9.17, 15) is 13.2 Å². The van der Waals surface area contributed by atoms with Gasteiger partial charge in [-0.25, -0.2) is 8.42 Å². The van der Waals surface area contributed by atoms with E-state index in [1.54, 1.807) is 15.8 Å². The summed E-state index contributed by atoms with van der Waals surface area (Å²) in [5, 5.41) is 4.94. The highest BCUT2D eigenvalue weighted by Crippen LogP contribution is 2.26.